The van der Waals surface area contributed by atoms with Gasteiger partial charge in [-0.05, 0) is 56.5 Å². The lowest BCUT2D eigenvalue weighted by molar-refractivity contribution is -0.144. The van der Waals surface area contributed by atoms with Crippen LogP contribution in [0.3, 0.4) is 0 Å². The minimum absolute atomic E-state index is 0.00271. The number of carbonyl (C=O) groups is 6. The van der Waals surface area contributed by atoms with Gasteiger partial charge in [-0.25, -0.2) is 19.3 Å². The summed E-state index contributed by atoms with van der Waals surface area (Å²) in [5, 5.41) is 21.5. The normalized spacial score (nSPS) is 19.1. The Balaban J connectivity index is 0.802. The first-order valence-corrected chi connectivity index (χ1v) is 28.2. The van der Waals surface area contributed by atoms with Gasteiger partial charge in [-0.2, -0.15) is 13.2 Å². The maximum absolute atomic E-state index is 16.2. The molecule has 3 aliphatic rings. The van der Waals surface area contributed by atoms with E-state index in [0.29, 0.717) is 38.4 Å². The van der Waals surface area contributed by atoms with Crippen LogP contribution < -0.4 is 36.6 Å². The smallest absolute Gasteiger partial charge is 0.391 e. The third-order valence-electron chi connectivity index (χ3n) is 15.3. The molecular formula is C57H69F4N13O8S. The number of piperazine rings is 2. The quantitative estimate of drug-likeness (QED) is 0.0674. The number of rotatable bonds is 17. The summed E-state index contributed by atoms with van der Waals surface area (Å²) in [5.74, 6) is -3.80. The topological polar surface area (TPSA) is 258 Å². The number of β-amino-alcohol motifs (C(OH)–C–C–N with tert-alkyl or cyclic N) is 1. The van der Waals surface area contributed by atoms with E-state index in [1.807, 2.05) is 61.9 Å². The first-order valence-electron chi connectivity index (χ1n) is 27.3. The Morgan fingerprint density at radius 1 is 0.843 bits per heavy atom. The number of nitrogens with zero attached hydrogens (tertiary/aromatic N) is 8. The zero-order chi connectivity index (χ0) is 60.1. The number of H-pyrrole nitrogens is 1. The van der Waals surface area contributed by atoms with Crippen molar-refractivity contribution >= 4 is 64.1 Å². The molecule has 6 N–H and O–H groups in total. The molecule has 6 heterocycles. The summed E-state index contributed by atoms with van der Waals surface area (Å²) in [5.41, 5.74) is 0.906. The van der Waals surface area contributed by atoms with Crippen LogP contribution in [-0.2, 0) is 36.7 Å². The van der Waals surface area contributed by atoms with Crippen LogP contribution in [0.15, 0.2) is 71.4 Å². The molecule has 3 aromatic heterocycles. The second-order valence-electron chi connectivity index (χ2n) is 22.4. The number of aliphatic hydroxyl groups excluding tert-OH is 1. The number of aliphatic hydroxyl groups is 1. The number of alkyl halides is 3. The lowest BCUT2D eigenvalue weighted by Gasteiger charge is -2.44. The molecule has 21 nitrogen and oxygen atoms in total. The van der Waals surface area contributed by atoms with Gasteiger partial charge in [-0.15, -0.1) is 11.3 Å². The van der Waals surface area contributed by atoms with Gasteiger partial charge < -0.3 is 51.0 Å². The third-order valence-corrected chi connectivity index (χ3v) is 16.3. The number of halogens is 4. The average molecular weight is 1170 g/mol. The van der Waals surface area contributed by atoms with E-state index < -0.39 is 81.8 Å². The highest BCUT2D eigenvalue weighted by Crippen LogP contribution is 2.38. The van der Waals surface area contributed by atoms with E-state index in [1.54, 1.807) is 42.5 Å². The molecule has 3 fully saturated rings. The van der Waals surface area contributed by atoms with Gasteiger partial charge in [0.1, 0.15) is 17.9 Å². The van der Waals surface area contributed by atoms with Crippen molar-refractivity contribution in [1.29, 1.82) is 0 Å². The molecule has 0 bridgehead atoms. The number of aryl methyl sites for hydroxylation is 1. The number of benzene rings is 2. The van der Waals surface area contributed by atoms with Crippen LogP contribution in [0.25, 0.3) is 21.6 Å². The molecular weight excluding hydrogens is 1100 g/mol. The molecule has 0 radical (unpaired) electrons. The van der Waals surface area contributed by atoms with Gasteiger partial charge in [0.2, 0.25) is 41.0 Å². The summed E-state index contributed by atoms with van der Waals surface area (Å²) < 4.78 is 58.2. The number of pyridine rings is 1. The molecule has 5 atom stereocenters. The van der Waals surface area contributed by atoms with Crippen molar-refractivity contribution in [3.8, 4) is 21.6 Å². The van der Waals surface area contributed by atoms with Gasteiger partial charge in [-0.1, -0.05) is 45.0 Å². The number of likely N-dealkylation sites (tertiary alicyclic amines) is 1. The SMILES string of the molecule is Cc1ncsc1-c1ccc(CNC(=O)[C@@H]2C[C@@H](O)CN2C(=O)[C@@H](NC(=O)CCNC(=O)CCC(=O)N2CCN(c3ncc(-c4cc(NC(=O)c5c[nH]c(=O)cc5C(F)(F)F)c(N5C[C@@H](C)N(C)[C@@H](C)C5)cc4F)cn3)CC2)C(C)(C)C)cc1. The Bertz CT molecular complexity index is 3240. The fraction of sp³-hybridized carbons (Fsp3) is 0.474. The molecule has 444 valence electrons. The lowest BCUT2D eigenvalue weighted by Crippen LogP contribution is -2.57. The molecule has 0 saturated carbocycles. The van der Waals surface area contributed by atoms with Gasteiger partial charge in [0.15, 0.2) is 0 Å². The summed E-state index contributed by atoms with van der Waals surface area (Å²) in [7, 11) is 1.95. The average Bonchev–Trinajstić information content (AvgIpc) is 3.81. The van der Waals surface area contributed by atoms with E-state index in [2.05, 4.69) is 46.1 Å². The highest BCUT2D eigenvalue weighted by Gasteiger charge is 2.45. The number of aromatic nitrogens is 4. The standard InChI is InChI=1S/C57H69F4N13O8S/c1-32-28-73(29-33(2)70(32)7)44-23-42(58)39(21-43(44)68-52(80)40-27-63-48(78)22-41(40)57(59,60)61)37-25-65-55(66-26-37)72-18-16-71(17-19-72)49(79)13-12-46(76)62-15-14-47(77)69-51(56(4,5)6)54(82)74-30-38(75)20-45(74)53(81)64-24-35-8-10-36(11-9-35)50-34(3)67-31-83-50/h8-11,21-23,25-27,31-33,38,45,51,75H,12-20,24,28-30H2,1-7H3,(H,62,76)(H,63,78)(H,64,81)(H,68,80)(H,69,77)/t32-,33+,38-,45+,51-/m1/s1. The molecule has 6 amide bonds. The number of anilines is 3. The van der Waals surface area contributed by atoms with Gasteiger partial charge in [-0.3, -0.25) is 38.5 Å². The number of nitrogens with one attached hydrogen (secondary N) is 5. The van der Waals surface area contributed by atoms with Crippen molar-refractivity contribution < 1.29 is 51.4 Å². The highest BCUT2D eigenvalue weighted by molar-refractivity contribution is 7.13. The predicted octanol–water partition coefficient (Wildman–Crippen LogP) is 4.95. The number of thiazole rings is 1. The molecule has 8 rings (SSSR count). The summed E-state index contributed by atoms with van der Waals surface area (Å²) >= 11 is 1.54. The van der Waals surface area contributed by atoms with Crippen LogP contribution in [0.2, 0.25) is 0 Å². The first-order chi connectivity index (χ1) is 39.2. The molecule has 2 aromatic carbocycles. The van der Waals surface area contributed by atoms with Crippen molar-refractivity contribution in [2.45, 2.75) is 110 Å². The van der Waals surface area contributed by atoms with Crippen molar-refractivity contribution in [1.82, 2.24) is 50.6 Å². The fourth-order valence-electron chi connectivity index (χ4n) is 10.4. The minimum atomic E-state index is -5.02. The van der Waals surface area contributed by atoms with E-state index in [0.717, 1.165) is 21.7 Å². The predicted molar refractivity (Wildman–Crippen MR) is 304 cm³/mol. The van der Waals surface area contributed by atoms with Crippen molar-refractivity contribution in [3.05, 3.63) is 105 Å². The van der Waals surface area contributed by atoms with Gasteiger partial charge in [0.05, 0.1) is 44.7 Å². The number of carbonyl (C=O) groups excluding carboxylic acids is 6. The zero-order valence-corrected chi connectivity index (χ0v) is 48.0. The van der Waals surface area contributed by atoms with Gasteiger partial charge in [0.25, 0.3) is 5.91 Å². The zero-order valence-electron chi connectivity index (χ0n) is 47.2. The van der Waals surface area contributed by atoms with Crippen LogP contribution >= 0.6 is 11.3 Å². The molecule has 0 spiro atoms. The Morgan fingerprint density at radius 3 is 2.14 bits per heavy atom. The van der Waals surface area contributed by atoms with Crippen LogP contribution in [0.4, 0.5) is 34.9 Å². The molecule has 83 heavy (non-hydrogen) atoms. The fourth-order valence-corrected chi connectivity index (χ4v) is 11.2. The number of likely N-dealkylation sites (N-methyl/N-ethyl adjacent to an activating group) is 1. The van der Waals surface area contributed by atoms with Crippen LogP contribution in [0, 0.1) is 18.2 Å². The van der Waals surface area contributed by atoms with E-state index in [4.69, 9.17) is 0 Å². The number of hydrogen-bond acceptors (Lipinski definition) is 15. The molecule has 0 aliphatic carbocycles. The molecule has 26 heteroatoms. The molecule has 5 aromatic rings. The molecule has 3 saturated heterocycles. The minimum Gasteiger partial charge on any atom is -0.391 e. The lowest BCUT2D eigenvalue weighted by atomic mass is 9.85. The van der Waals surface area contributed by atoms with Gasteiger partial charge >= 0.3 is 6.18 Å². The van der Waals surface area contributed by atoms with Crippen molar-refractivity contribution in [3.63, 3.8) is 0 Å². The number of hydrogen-bond donors (Lipinski definition) is 6. The van der Waals surface area contributed by atoms with Gasteiger partial charge in [0, 0.05) is 132 Å². The maximum Gasteiger partial charge on any atom is 0.417 e. The summed E-state index contributed by atoms with van der Waals surface area (Å²) in [4.78, 5) is 117. The second kappa shape index (κ2) is 25.7. The van der Waals surface area contributed by atoms with Crippen molar-refractivity contribution in [2.24, 2.45) is 5.41 Å². The Morgan fingerprint density at radius 2 is 1.52 bits per heavy atom. The summed E-state index contributed by atoms with van der Waals surface area (Å²) in [6.07, 6.45) is -2.92. The Kier molecular flexibility index (Phi) is 19.0. The second-order valence-corrected chi connectivity index (χ2v) is 23.2. The van der Waals surface area contributed by atoms with Crippen LogP contribution in [0.5, 0.6) is 0 Å². The maximum atomic E-state index is 16.2. The van der Waals surface area contributed by atoms with E-state index in [9.17, 15) is 51.8 Å². The van der Waals surface area contributed by atoms with E-state index >= 15 is 4.39 Å². The monoisotopic (exact) mass is 1170 g/mol. The van der Waals surface area contributed by atoms with Crippen molar-refractivity contribution in [2.75, 3.05) is 74.5 Å². The Labute approximate surface area is 481 Å². The Hall–Kier alpha value is -7.84. The largest absolute Gasteiger partial charge is 0.417 e. The van der Waals surface area contributed by atoms with E-state index in [-0.39, 0.29) is 105 Å². The highest BCUT2D eigenvalue weighted by atomic mass is 32.1. The molecule has 3 aliphatic heterocycles. The van der Waals surface area contributed by atoms with Crippen LogP contribution in [0.1, 0.15) is 87.5 Å². The summed E-state index contributed by atoms with van der Waals surface area (Å²) in [6.45, 7) is 13.3. The van der Waals surface area contributed by atoms with Crippen LogP contribution in [-0.4, -0.2) is 165 Å². The number of aromatic amines is 1. The third kappa shape index (κ3) is 14.9. The summed E-state index contributed by atoms with van der Waals surface area (Å²) in [6, 6.07) is 8.53. The first kappa shape index (κ1) is 61.2. The van der Waals surface area contributed by atoms with E-state index in [1.165, 1.54) is 29.4 Å². The number of amides is 6. The molecule has 0 unspecified atom stereocenters.